The van der Waals surface area contributed by atoms with E-state index in [4.69, 9.17) is 17.0 Å². The first-order valence-corrected chi connectivity index (χ1v) is 26.6. The number of rotatable bonds is 5. The van der Waals surface area contributed by atoms with E-state index in [-0.39, 0.29) is 23.1 Å². The first kappa shape index (κ1) is 49.5. The molecule has 58 heavy (non-hydrogen) atoms. The summed E-state index contributed by atoms with van der Waals surface area (Å²) in [6.45, 7) is 17.5. The van der Waals surface area contributed by atoms with Crippen LogP contribution < -0.4 is 0 Å². The molecule has 0 aromatic heterocycles. The van der Waals surface area contributed by atoms with Crippen molar-refractivity contribution >= 4 is 48.1 Å². The fourth-order valence-corrected chi connectivity index (χ4v) is 6.62. The van der Waals surface area contributed by atoms with E-state index in [0.717, 1.165) is 32.6 Å². The molecule has 0 aliphatic rings. The van der Waals surface area contributed by atoms with Crippen LogP contribution in [0.3, 0.4) is 0 Å². The molecule has 6 aromatic rings. The molecule has 0 fully saturated rings. The van der Waals surface area contributed by atoms with Crippen molar-refractivity contribution in [3.8, 4) is 22.3 Å². The third kappa shape index (κ3) is 11.1. The second-order valence-electron chi connectivity index (χ2n) is 15.0. The Hall–Kier alpha value is -2.85. The Morgan fingerprint density at radius 1 is 0.603 bits per heavy atom. The number of hydrogen-bond acceptors (Lipinski definition) is 0. The summed E-state index contributed by atoms with van der Waals surface area (Å²) in [7, 11) is 11.0. The molecular weight excluding hydrogens is 902 g/mol. The summed E-state index contributed by atoms with van der Waals surface area (Å²) in [5.41, 5.74) is -0.578. The van der Waals surface area contributed by atoms with Crippen molar-refractivity contribution in [2.75, 3.05) is 0 Å². The Morgan fingerprint density at radius 2 is 0.983 bits per heavy atom. The number of fused-ring (bicyclic) bond motifs is 2. The molecule has 2 radical (unpaired) electrons. The Bertz CT molecular complexity index is 2150. The maximum absolute atomic E-state index is 13.3. The van der Waals surface area contributed by atoms with Gasteiger partial charge in [0, 0.05) is 9.52 Å². The Labute approximate surface area is 356 Å². The standard InChI is InChI=1S/C22H25.C21H14F9.C2H6Si.2ClH.Zr/c1-15(2)18-13-17-7-6-8-20(21(17)14-18)16-9-11-19(12-10-16)22(3,4)5;1-2-12-10-14-4-3-5-16(17(14)11-12)13-6-8-15(9-7-13)18(19(22,23)24,20(25,26)27)21(28,29)30;1-3-2;;;/h6-15H,1-5H3;3-11H,2H2,1H3;1-2H3;2*1H;/q2*-1;;;;+4/p-2. The van der Waals surface area contributed by atoms with Gasteiger partial charge in [0.1, 0.15) is 0 Å². The molecule has 6 rings (SSSR count). The van der Waals surface area contributed by atoms with E-state index in [1.807, 2.05) is 19.1 Å². The average Bonchev–Trinajstić information content (AvgIpc) is 3.76. The molecule has 13 heteroatoms. The summed E-state index contributed by atoms with van der Waals surface area (Å²) in [6, 6.07) is 31.3. The third-order valence-corrected chi connectivity index (χ3v) is 9.62. The normalized spacial score (nSPS) is 12.3. The molecule has 0 aliphatic carbocycles. The monoisotopic (exact) mass is 944 g/mol. The number of alkyl halides is 9. The van der Waals surface area contributed by atoms with Gasteiger partial charge in [-0.2, -0.15) is 51.6 Å². The van der Waals surface area contributed by atoms with Crippen molar-refractivity contribution in [1.29, 1.82) is 0 Å². The van der Waals surface area contributed by atoms with Crippen molar-refractivity contribution in [3.05, 3.63) is 131 Å². The summed E-state index contributed by atoms with van der Waals surface area (Å²) >= 11 is -0.826. The SMILES string of the molecule is CC(C)c1cc2c(-c3ccc(C(C)(C)C)cc3)cccc2[cH-]1.CCc1cc2c(-c3ccc(C(C(F)(F)F)(C(F)(F)F)C(F)(F)F)cc3)cccc2[cH-]1.C[Si]C.[Cl][Zr+2][Cl]. The fourth-order valence-electron chi connectivity index (χ4n) is 6.62. The van der Waals surface area contributed by atoms with Crippen molar-refractivity contribution in [2.24, 2.45) is 0 Å². The average molecular weight is 947 g/mol. The van der Waals surface area contributed by atoms with Gasteiger partial charge in [0.05, 0.1) is 0 Å². The van der Waals surface area contributed by atoms with Crippen LogP contribution in [0.15, 0.2) is 109 Å². The predicted molar refractivity (Wildman–Crippen MR) is 221 cm³/mol. The van der Waals surface area contributed by atoms with E-state index in [1.165, 1.54) is 33.0 Å². The van der Waals surface area contributed by atoms with E-state index in [1.54, 1.807) is 18.2 Å². The van der Waals surface area contributed by atoms with Crippen LogP contribution in [-0.2, 0) is 38.1 Å². The second-order valence-corrected chi connectivity index (χ2v) is 19.7. The fraction of sp³-hybridized carbons (Fsp3) is 0.333. The van der Waals surface area contributed by atoms with Gasteiger partial charge < -0.3 is 0 Å². The van der Waals surface area contributed by atoms with E-state index >= 15 is 0 Å². The molecule has 6 aromatic carbocycles. The van der Waals surface area contributed by atoms with E-state index < -0.39 is 50.4 Å². The van der Waals surface area contributed by atoms with Crippen LogP contribution >= 0.6 is 17.0 Å². The van der Waals surface area contributed by atoms with Gasteiger partial charge in [-0.25, -0.2) is 0 Å². The van der Waals surface area contributed by atoms with Crippen LogP contribution in [0.1, 0.15) is 69.7 Å². The number of aryl methyl sites for hydroxylation is 1. The van der Waals surface area contributed by atoms with Crippen LogP contribution in [0.25, 0.3) is 43.8 Å². The van der Waals surface area contributed by atoms with Crippen molar-refractivity contribution in [3.63, 3.8) is 0 Å². The Morgan fingerprint density at radius 3 is 1.34 bits per heavy atom. The van der Waals surface area contributed by atoms with Crippen molar-refractivity contribution in [1.82, 2.24) is 0 Å². The van der Waals surface area contributed by atoms with Gasteiger partial charge in [0.25, 0.3) is 5.41 Å². The molecule has 0 nitrogen and oxygen atoms in total. The summed E-state index contributed by atoms with van der Waals surface area (Å²) in [5.74, 6) is 0.573. The van der Waals surface area contributed by atoms with Crippen LogP contribution in [-0.4, -0.2) is 28.0 Å². The Balaban J connectivity index is 0.000000282. The predicted octanol–water partition coefficient (Wildman–Crippen LogP) is 16.5. The molecule has 0 amide bonds. The van der Waals surface area contributed by atoms with E-state index in [2.05, 4.69) is 102 Å². The van der Waals surface area contributed by atoms with Crippen LogP contribution in [0.4, 0.5) is 39.5 Å². The molecule has 0 unspecified atom stereocenters. The minimum absolute atomic E-state index is 0.204. The van der Waals surface area contributed by atoms with Gasteiger partial charge >= 0.3 is 56.4 Å². The molecule has 0 N–H and O–H groups in total. The minimum atomic E-state index is -6.63. The molecule has 0 heterocycles. The summed E-state index contributed by atoms with van der Waals surface area (Å²) in [5, 5.41) is 4.23. The van der Waals surface area contributed by atoms with Crippen LogP contribution in [0, 0.1) is 0 Å². The van der Waals surface area contributed by atoms with Crippen molar-refractivity contribution < 1.29 is 60.4 Å². The maximum atomic E-state index is 13.3. The quantitative estimate of drug-likeness (QED) is 0.0918. The molecule has 0 saturated carbocycles. The van der Waals surface area contributed by atoms with Crippen molar-refractivity contribution in [2.45, 2.75) is 96.3 Å². The summed E-state index contributed by atoms with van der Waals surface area (Å²) in [6.07, 6.45) is -19.2. The van der Waals surface area contributed by atoms with Gasteiger partial charge in [0.2, 0.25) is 0 Å². The van der Waals surface area contributed by atoms with E-state index in [0.29, 0.717) is 23.3 Å². The first-order chi connectivity index (χ1) is 26.9. The molecule has 0 bridgehead atoms. The molecule has 310 valence electrons. The zero-order valence-corrected chi connectivity index (χ0v) is 38.3. The molecule has 0 spiro atoms. The topological polar surface area (TPSA) is 0 Å². The van der Waals surface area contributed by atoms with Crippen LogP contribution in [0.5, 0.6) is 0 Å². The van der Waals surface area contributed by atoms with E-state index in [9.17, 15) is 39.5 Å². The Kier molecular flexibility index (Phi) is 17.2. The number of hydrogen-bond donors (Lipinski definition) is 0. The molecule has 0 aliphatic heterocycles. The molecular formula is C45H45Cl2F9SiZr. The van der Waals surface area contributed by atoms with Gasteiger partial charge in [-0.15, -0.1) is 69.1 Å². The summed E-state index contributed by atoms with van der Waals surface area (Å²) < 4.78 is 120. The first-order valence-electron chi connectivity index (χ1n) is 18.3. The summed E-state index contributed by atoms with van der Waals surface area (Å²) in [4.78, 5) is 0. The van der Waals surface area contributed by atoms with Gasteiger partial charge in [0.15, 0.2) is 0 Å². The molecule has 0 saturated heterocycles. The zero-order valence-electron chi connectivity index (χ0n) is 33.3. The van der Waals surface area contributed by atoms with Gasteiger partial charge in [-0.05, 0) is 40.0 Å². The van der Waals surface area contributed by atoms with Gasteiger partial charge in [-0.1, -0.05) is 126 Å². The molecule has 0 atom stereocenters. The number of benzene rings is 4. The van der Waals surface area contributed by atoms with Crippen LogP contribution in [0.2, 0.25) is 13.1 Å². The number of halogens is 11. The second kappa shape index (κ2) is 20.1. The third-order valence-electron chi connectivity index (χ3n) is 9.62. The van der Waals surface area contributed by atoms with Gasteiger partial charge in [-0.3, -0.25) is 0 Å². The zero-order chi connectivity index (χ0) is 43.9.